The number of carbonyl (C=O) groups excluding carboxylic acids is 1. The Hall–Kier alpha value is -1.35. The van der Waals surface area contributed by atoms with Gasteiger partial charge in [-0.05, 0) is 73.5 Å². The van der Waals surface area contributed by atoms with Crippen molar-refractivity contribution in [1.29, 1.82) is 0 Å². The molecule has 0 saturated heterocycles. The van der Waals surface area contributed by atoms with Crippen LogP contribution < -0.4 is 5.32 Å². The molecular formula is C19H25NO2. The summed E-state index contributed by atoms with van der Waals surface area (Å²) in [6.07, 6.45) is 6.58. The third-order valence-corrected chi connectivity index (χ3v) is 6.04. The fourth-order valence-electron chi connectivity index (χ4n) is 5.48. The van der Waals surface area contributed by atoms with E-state index < -0.39 is 0 Å². The highest BCUT2D eigenvalue weighted by atomic mass is 16.5. The van der Waals surface area contributed by atoms with Gasteiger partial charge in [0.1, 0.15) is 0 Å². The summed E-state index contributed by atoms with van der Waals surface area (Å²) >= 11 is 0. The highest BCUT2D eigenvalue weighted by Gasteiger charge is 2.50. The SMILES string of the molecule is COCc1cccc(NC(=O)C2C3CC4CC(C3)CC2C4)c1. The first-order valence-corrected chi connectivity index (χ1v) is 8.61. The molecule has 1 amide bonds. The lowest BCUT2D eigenvalue weighted by atomic mass is 9.51. The maximum atomic E-state index is 12.8. The second kappa shape index (κ2) is 5.69. The summed E-state index contributed by atoms with van der Waals surface area (Å²) in [4.78, 5) is 12.8. The summed E-state index contributed by atoms with van der Waals surface area (Å²) in [5, 5.41) is 3.17. The lowest BCUT2D eigenvalue weighted by Crippen LogP contribution is -2.49. The van der Waals surface area contributed by atoms with Crippen LogP contribution in [0.1, 0.15) is 37.7 Å². The van der Waals surface area contributed by atoms with E-state index in [2.05, 4.69) is 5.32 Å². The summed E-state index contributed by atoms with van der Waals surface area (Å²) in [5.41, 5.74) is 2.01. The number of benzene rings is 1. The molecule has 1 aromatic rings. The van der Waals surface area contributed by atoms with Gasteiger partial charge in [0.05, 0.1) is 6.61 Å². The molecule has 5 rings (SSSR count). The van der Waals surface area contributed by atoms with Crippen LogP contribution in [0.3, 0.4) is 0 Å². The fourth-order valence-corrected chi connectivity index (χ4v) is 5.48. The highest BCUT2D eigenvalue weighted by molar-refractivity contribution is 5.93. The first-order valence-electron chi connectivity index (χ1n) is 8.61. The molecule has 1 aromatic carbocycles. The summed E-state index contributed by atoms with van der Waals surface area (Å²) in [6.45, 7) is 0.585. The number of hydrogen-bond donors (Lipinski definition) is 1. The molecule has 0 spiro atoms. The molecule has 118 valence electrons. The summed E-state index contributed by atoms with van der Waals surface area (Å²) < 4.78 is 5.17. The molecule has 4 fully saturated rings. The Bertz CT molecular complexity index is 540. The molecule has 0 heterocycles. The summed E-state index contributed by atoms with van der Waals surface area (Å²) in [5.74, 6) is 3.60. The van der Waals surface area contributed by atoms with Gasteiger partial charge < -0.3 is 10.1 Å². The summed E-state index contributed by atoms with van der Waals surface area (Å²) in [7, 11) is 1.69. The minimum Gasteiger partial charge on any atom is -0.380 e. The predicted octanol–water partition coefficient (Wildman–Crippen LogP) is 3.84. The van der Waals surface area contributed by atoms with Crippen molar-refractivity contribution in [1.82, 2.24) is 0 Å². The van der Waals surface area contributed by atoms with Gasteiger partial charge in [-0.15, -0.1) is 0 Å². The monoisotopic (exact) mass is 299 g/mol. The van der Waals surface area contributed by atoms with Crippen molar-refractivity contribution < 1.29 is 9.53 Å². The van der Waals surface area contributed by atoms with Crippen LogP contribution in [0.5, 0.6) is 0 Å². The quantitative estimate of drug-likeness (QED) is 0.917. The second-order valence-corrected chi connectivity index (χ2v) is 7.58. The number of methoxy groups -OCH3 is 1. The maximum Gasteiger partial charge on any atom is 0.228 e. The molecule has 4 aliphatic rings. The van der Waals surface area contributed by atoms with E-state index in [9.17, 15) is 4.79 Å². The largest absolute Gasteiger partial charge is 0.380 e. The molecule has 1 N–H and O–H groups in total. The minimum absolute atomic E-state index is 0.249. The van der Waals surface area contributed by atoms with Crippen molar-refractivity contribution in [3.8, 4) is 0 Å². The molecule has 3 heteroatoms. The number of rotatable bonds is 4. The number of amides is 1. The zero-order valence-corrected chi connectivity index (χ0v) is 13.3. The van der Waals surface area contributed by atoms with E-state index in [4.69, 9.17) is 4.74 Å². The molecular weight excluding hydrogens is 274 g/mol. The van der Waals surface area contributed by atoms with Crippen LogP contribution >= 0.6 is 0 Å². The molecule has 0 radical (unpaired) electrons. The standard InChI is InChI=1S/C19H25NO2/c1-22-11-12-3-2-4-17(10-12)20-19(21)18-15-6-13-5-14(8-15)9-16(18)7-13/h2-4,10,13-16,18H,5-9,11H2,1H3,(H,20,21). The Morgan fingerprint density at radius 1 is 1.14 bits per heavy atom. The first kappa shape index (κ1) is 14.3. The normalized spacial score (nSPS) is 35.6. The van der Waals surface area contributed by atoms with Gasteiger partial charge in [0.25, 0.3) is 0 Å². The minimum atomic E-state index is 0.249. The third kappa shape index (κ3) is 2.56. The Balaban J connectivity index is 1.47. The Morgan fingerprint density at radius 3 is 2.45 bits per heavy atom. The third-order valence-electron chi connectivity index (χ3n) is 6.04. The number of ether oxygens (including phenoxy) is 1. The molecule has 22 heavy (non-hydrogen) atoms. The van der Waals surface area contributed by atoms with Crippen molar-refractivity contribution in [2.24, 2.45) is 29.6 Å². The van der Waals surface area contributed by atoms with E-state index in [0.29, 0.717) is 18.4 Å². The van der Waals surface area contributed by atoms with E-state index in [1.807, 2.05) is 24.3 Å². The van der Waals surface area contributed by atoms with Crippen LogP contribution in [0.25, 0.3) is 0 Å². The van der Waals surface area contributed by atoms with Crippen molar-refractivity contribution in [2.75, 3.05) is 12.4 Å². The van der Waals surface area contributed by atoms with Crippen molar-refractivity contribution in [2.45, 2.75) is 38.7 Å². The maximum absolute atomic E-state index is 12.8. The van der Waals surface area contributed by atoms with Crippen LogP contribution in [0.2, 0.25) is 0 Å². The summed E-state index contributed by atoms with van der Waals surface area (Å²) in [6, 6.07) is 8.02. The van der Waals surface area contributed by atoms with Gasteiger partial charge in [-0.3, -0.25) is 4.79 Å². The van der Waals surface area contributed by atoms with Crippen LogP contribution in [0.4, 0.5) is 5.69 Å². The van der Waals surface area contributed by atoms with Crippen LogP contribution in [-0.4, -0.2) is 13.0 Å². The molecule has 4 aliphatic carbocycles. The number of hydrogen-bond acceptors (Lipinski definition) is 2. The van der Waals surface area contributed by atoms with Crippen LogP contribution in [0, 0.1) is 29.6 Å². The Kier molecular flexibility index (Phi) is 3.69. The lowest BCUT2D eigenvalue weighted by Gasteiger charge is -2.53. The van der Waals surface area contributed by atoms with E-state index in [1.54, 1.807) is 7.11 Å². The van der Waals surface area contributed by atoms with Gasteiger partial charge in [0.15, 0.2) is 0 Å². The van der Waals surface area contributed by atoms with Gasteiger partial charge in [0.2, 0.25) is 5.91 Å². The molecule has 4 saturated carbocycles. The van der Waals surface area contributed by atoms with Crippen molar-refractivity contribution >= 4 is 11.6 Å². The smallest absolute Gasteiger partial charge is 0.228 e. The topological polar surface area (TPSA) is 38.3 Å². The first-order chi connectivity index (χ1) is 10.7. The van der Waals surface area contributed by atoms with E-state index in [1.165, 1.54) is 32.1 Å². The molecule has 0 unspecified atom stereocenters. The molecule has 3 nitrogen and oxygen atoms in total. The number of carbonyl (C=O) groups is 1. The second-order valence-electron chi connectivity index (χ2n) is 7.58. The van der Waals surface area contributed by atoms with Gasteiger partial charge >= 0.3 is 0 Å². The molecule has 0 aromatic heterocycles. The van der Waals surface area contributed by atoms with Crippen LogP contribution in [0.15, 0.2) is 24.3 Å². The lowest BCUT2D eigenvalue weighted by molar-refractivity contribution is -0.132. The van der Waals surface area contributed by atoms with Gasteiger partial charge in [-0.2, -0.15) is 0 Å². The Morgan fingerprint density at radius 2 is 1.82 bits per heavy atom. The van der Waals surface area contributed by atoms with E-state index in [-0.39, 0.29) is 11.8 Å². The number of nitrogens with one attached hydrogen (secondary N) is 1. The molecule has 0 atom stereocenters. The van der Waals surface area contributed by atoms with Gasteiger partial charge in [-0.1, -0.05) is 12.1 Å². The average molecular weight is 299 g/mol. The molecule has 0 aliphatic heterocycles. The Labute approximate surface area is 132 Å². The van der Waals surface area contributed by atoms with E-state index >= 15 is 0 Å². The highest BCUT2D eigenvalue weighted by Crippen LogP contribution is 2.56. The fraction of sp³-hybridized carbons (Fsp3) is 0.632. The zero-order valence-electron chi connectivity index (χ0n) is 13.3. The average Bonchev–Trinajstić information content (AvgIpc) is 2.46. The van der Waals surface area contributed by atoms with E-state index in [0.717, 1.165) is 23.1 Å². The van der Waals surface area contributed by atoms with Gasteiger partial charge in [0, 0.05) is 18.7 Å². The predicted molar refractivity (Wildman–Crippen MR) is 86.3 cm³/mol. The van der Waals surface area contributed by atoms with Crippen LogP contribution in [-0.2, 0) is 16.1 Å². The zero-order chi connectivity index (χ0) is 15.1. The molecule has 4 bridgehead atoms. The van der Waals surface area contributed by atoms with Crippen molar-refractivity contribution in [3.05, 3.63) is 29.8 Å². The van der Waals surface area contributed by atoms with Crippen molar-refractivity contribution in [3.63, 3.8) is 0 Å². The van der Waals surface area contributed by atoms with Gasteiger partial charge in [-0.25, -0.2) is 0 Å². The number of anilines is 1.